The van der Waals surface area contributed by atoms with Gasteiger partial charge in [-0.3, -0.25) is 34.2 Å². The van der Waals surface area contributed by atoms with Gasteiger partial charge in [-0.2, -0.15) is 32.9 Å². The van der Waals surface area contributed by atoms with Crippen molar-refractivity contribution in [3.8, 4) is 55.3 Å². The number of ketones is 2. The molecular formula is C71H76N18O11S11. The summed E-state index contributed by atoms with van der Waals surface area (Å²) in [5.74, 6) is 1.09. The van der Waals surface area contributed by atoms with E-state index in [1.54, 1.807) is 64.9 Å². The summed E-state index contributed by atoms with van der Waals surface area (Å²) in [6.45, 7) is 1.37. The summed E-state index contributed by atoms with van der Waals surface area (Å²) in [6, 6.07) is 32.7. The largest absolute Gasteiger partial charge is 0.478 e. The van der Waals surface area contributed by atoms with Gasteiger partial charge in [0.1, 0.15) is 18.3 Å². The third kappa shape index (κ3) is 24.3. The predicted octanol–water partition coefficient (Wildman–Crippen LogP) is 13.0. The lowest BCUT2D eigenvalue weighted by Gasteiger charge is -2.16. The number of ether oxygens (including phenoxy) is 2. The molecule has 6 unspecified atom stereocenters. The number of Topliss-reactive ketones (excluding diaryl/α,β-unsaturated/α-hetero) is 2. The molecule has 0 spiro atoms. The number of nitrogens with two attached hydrogens (primary N) is 1. The molecule has 4 aliphatic heterocycles. The van der Waals surface area contributed by atoms with Crippen LogP contribution in [-0.4, -0.2) is 153 Å². The molecule has 40 heteroatoms. The normalized spacial score (nSPS) is 17.0. The number of thioether (sulfide) groups is 2. The maximum absolute atomic E-state index is 13.5. The molecule has 4 aromatic carbocycles. The Balaban J connectivity index is 0.000000204. The van der Waals surface area contributed by atoms with Crippen molar-refractivity contribution >= 4 is 180 Å². The van der Waals surface area contributed by atoms with Gasteiger partial charge >= 0.3 is 29.2 Å². The summed E-state index contributed by atoms with van der Waals surface area (Å²) in [4.78, 5) is 115. The van der Waals surface area contributed by atoms with Gasteiger partial charge in [-0.1, -0.05) is 92.4 Å². The average molecular weight is 1710 g/mol. The van der Waals surface area contributed by atoms with E-state index < -0.39 is 17.1 Å². The highest BCUT2D eigenvalue weighted by atomic mass is 33.1. The number of unbranched alkanes of at least 4 members (excludes halogenated alkanes) is 2. The van der Waals surface area contributed by atoms with Crippen molar-refractivity contribution in [2.24, 2.45) is 26.2 Å². The minimum atomic E-state index is -0.994. The fourth-order valence-corrected chi connectivity index (χ4v) is 17.3. The number of nitrogens with one attached hydrogen (secondary N) is 7. The molecule has 10 aromatic rings. The van der Waals surface area contributed by atoms with Gasteiger partial charge in [-0.05, 0) is 62.8 Å². The number of thiazole rings is 4. The molecule has 6 aromatic heterocycles. The number of hydrogen-bond donors (Lipinski definition) is 9. The van der Waals surface area contributed by atoms with Crippen LogP contribution >= 0.6 is 68.9 Å². The Hall–Kier alpha value is -8.88. The molecule has 0 saturated carbocycles. The van der Waals surface area contributed by atoms with E-state index in [0.717, 1.165) is 81.2 Å². The molecule has 29 nitrogen and oxygen atoms in total. The van der Waals surface area contributed by atoms with Crippen LogP contribution in [0.15, 0.2) is 173 Å². The quantitative estimate of drug-likeness (QED) is 0.00843. The Bertz CT molecular complexity index is 4920. The van der Waals surface area contributed by atoms with Crippen LogP contribution in [0.4, 0.5) is 31.2 Å². The first-order valence-corrected chi connectivity index (χ1v) is 43.7. The van der Waals surface area contributed by atoms with E-state index in [-0.39, 0.29) is 91.0 Å². The van der Waals surface area contributed by atoms with Gasteiger partial charge in [0, 0.05) is 176 Å². The summed E-state index contributed by atoms with van der Waals surface area (Å²) in [5.41, 5.74) is 10.8. The lowest BCUT2D eigenvalue weighted by Crippen LogP contribution is -2.37. The number of urea groups is 2. The number of H-pyrrole nitrogens is 2. The molecule has 0 radical (unpaired) electrons. The molecule has 0 aliphatic carbocycles. The summed E-state index contributed by atoms with van der Waals surface area (Å²) < 4.78 is 13.3. The van der Waals surface area contributed by atoms with Crippen molar-refractivity contribution in [2.75, 3.05) is 38.2 Å². The summed E-state index contributed by atoms with van der Waals surface area (Å²) in [7, 11) is 0.917. The molecule has 111 heavy (non-hydrogen) atoms. The Labute approximate surface area is 684 Å². The number of benzene rings is 4. The van der Waals surface area contributed by atoms with Crippen LogP contribution < -0.4 is 43.4 Å². The zero-order valence-electron chi connectivity index (χ0n) is 58.2. The Morgan fingerprint density at radius 3 is 1.41 bits per heavy atom. The van der Waals surface area contributed by atoms with Crippen LogP contribution in [0.5, 0.6) is 0 Å². The number of azo groups is 2. The third-order valence-corrected chi connectivity index (χ3v) is 23.1. The molecule has 10 N–H and O–H groups in total. The number of fused-ring (bicyclic) bond motifs is 2. The molecule has 6 atom stereocenters. The van der Waals surface area contributed by atoms with E-state index >= 15 is 0 Å². The number of amides is 5. The molecule has 4 fully saturated rings. The molecule has 5 amide bonds. The van der Waals surface area contributed by atoms with Crippen molar-refractivity contribution in [3.63, 3.8) is 0 Å². The predicted molar refractivity (Wildman–Crippen MR) is 449 cm³/mol. The zero-order valence-corrected chi connectivity index (χ0v) is 67.2. The van der Waals surface area contributed by atoms with Crippen molar-refractivity contribution in [2.45, 2.75) is 106 Å². The number of carboxylic acids is 1. The van der Waals surface area contributed by atoms with E-state index in [1.165, 1.54) is 66.8 Å². The van der Waals surface area contributed by atoms with Gasteiger partial charge in [0.2, 0.25) is 20.5 Å². The highest BCUT2D eigenvalue weighted by molar-refractivity contribution is 8.37. The number of nitrogens with zero attached hydrogens (tertiary/aromatic N) is 10. The molecule has 14 rings (SSSR count). The van der Waals surface area contributed by atoms with Crippen LogP contribution in [0, 0.1) is 0 Å². The van der Waals surface area contributed by atoms with Gasteiger partial charge < -0.3 is 46.9 Å². The van der Waals surface area contributed by atoms with Crippen LogP contribution in [0.25, 0.3) is 55.3 Å². The zero-order chi connectivity index (χ0) is 77.7. The van der Waals surface area contributed by atoms with Crippen molar-refractivity contribution in [1.29, 1.82) is 0 Å². The Morgan fingerprint density at radius 1 is 0.568 bits per heavy atom. The SMILES string of the molecule is C.NCOCCCCC(=O)CCC1SCC2NC(=O)NC21.O=C(CCCCOCNC(=O)c1ccc(-c2csc(-n3[nH]c(-c4ccccc4)c(N=Nc4nccs4)c3=O)n2)cc1)CCC1SCC2NC(=O)NC21.O=C(O)c1ccc(-c2csc(-n3[nH]c(-c4ccccc4)c(N=Nc4nccs4)c3=O)n2)cc1.S=S.S=S=S. The number of aromatic nitrogens is 8. The van der Waals surface area contributed by atoms with Crippen LogP contribution in [0.2, 0.25) is 0 Å². The van der Waals surface area contributed by atoms with Crippen molar-refractivity contribution in [3.05, 3.63) is 175 Å². The Morgan fingerprint density at radius 2 is 1.00 bits per heavy atom. The standard InChI is InChI=1S/C35H35N9O5S3.C22H14N6O3S2.C13H23N3O3S.CH4.S3.S2/c45-24(13-14-27-29-26(19-51-27)38-33(48)40-29)8-4-5-16-49-20-37-31(46)23-11-9-21(10-12-23)25-18-52-35(39-25)44-32(47)30(41-42-34-36-15-17-50-34)28(43-44)22-6-2-1-3-7-22;29-19-18(25-26-21-23-10-11-32-21)17(14-4-2-1-3-5-14)27-28(19)22-24-16(12-33-22)13-6-8-15(9-7-13)20(30)31;14-8-19-6-2-1-3-9(17)4-5-11-12-10(7-20-11)15-13(18)16-12;;1-3-2;1-2/h1-3,6-7,9-12,15,17-18,26-27,29,43H,4-5,8,13-14,16,19-20H2,(H,37,46)(H2,38,40,48);1-12,27H,(H,30,31);10-12H,1-8,14H2,(H2,15,16,18);1H4;;. The van der Waals surface area contributed by atoms with E-state index in [1.807, 2.05) is 89.6 Å². The van der Waals surface area contributed by atoms with Gasteiger partial charge in [0.15, 0.2) is 11.4 Å². The number of aromatic amines is 2. The first-order chi connectivity index (χ1) is 53.6. The van der Waals surface area contributed by atoms with Gasteiger partial charge in [-0.15, -0.1) is 65.8 Å². The van der Waals surface area contributed by atoms with Crippen molar-refractivity contribution < 1.29 is 43.3 Å². The molecule has 4 aliphatic rings. The van der Waals surface area contributed by atoms with Crippen LogP contribution in [0.3, 0.4) is 0 Å². The second-order valence-corrected chi connectivity index (χ2v) is 32.0. The minimum absolute atomic E-state index is 0. The first-order valence-electron chi connectivity index (χ1n) is 34.1. The highest BCUT2D eigenvalue weighted by Gasteiger charge is 2.44. The van der Waals surface area contributed by atoms with Gasteiger partial charge in [0.25, 0.3) is 5.91 Å². The molecule has 10 heterocycles. The monoisotopic (exact) mass is 1710 g/mol. The lowest BCUT2D eigenvalue weighted by molar-refractivity contribution is -0.120. The number of carbonyl (C=O) groups excluding carboxylic acids is 5. The van der Waals surface area contributed by atoms with Crippen molar-refractivity contribution in [1.82, 2.24) is 66.1 Å². The maximum atomic E-state index is 13.5. The molecule has 4 saturated heterocycles. The summed E-state index contributed by atoms with van der Waals surface area (Å²) in [5, 5.41) is 56.1. The minimum Gasteiger partial charge on any atom is -0.478 e. The van der Waals surface area contributed by atoms with Gasteiger partial charge in [-0.25, -0.2) is 34.3 Å². The topological polar surface area (TPSA) is 404 Å². The lowest BCUT2D eigenvalue weighted by atomic mass is 10.0. The second-order valence-electron chi connectivity index (χ2n) is 24.2. The van der Waals surface area contributed by atoms with E-state index in [2.05, 4.69) is 117 Å². The number of rotatable bonds is 31. The van der Waals surface area contributed by atoms with Crippen LogP contribution in [0.1, 0.15) is 92.4 Å². The first kappa shape index (κ1) is 86.1. The maximum Gasteiger partial charge on any atom is 0.335 e. The van der Waals surface area contributed by atoms with E-state index in [9.17, 15) is 38.4 Å². The third-order valence-electron chi connectivity index (χ3n) is 17.1. The van der Waals surface area contributed by atoms with Crippen LogP contribution in [-0.2, 0) is 72.7 Å². The number of aromatic carboxylic acids is 1. The molecule has 582 valence electrons. The highest BCUT2D eigenvalue weighted by Crippen LogP contribution is 2.36. The Kier molecular flexibility index (Phi) is 34.4. The average Bonchev–Trinajstić information content (AvgIpc) is 1.64. The number of hydrogen-bond acceptors (Lipinski definition) is 29. The molecular weight excluding hydrogens is 1630 g/mol. The smallest absolute Gasteiger partial charge is 0.335 e. The molecule has 0 bridgehead atoms. The second kappa shape index (κ2) is 44.4. The number of carboxylic acid groups (broad SMARTS) is 1. The fraction of sp³-hybridized carbons (Fsp3) is 0.324. The summed E-state index contributed by atoms with van der Waals surface area (Å²) in [6.07, 6.45) is 10.3. The fourth-order valence-electron chi connectivity index (χ4n) is 11.8. The summed E-state index contributed by atoms with van der Waals surface area (Å²) >= 11 is 24.5. The van der Waals surface area contributed by atoms with E-state index in [4.69, 9.17) is 25.3 Å². The van der Waals surface area contributed by atoms with Gasteiger partial charge in [0.05, 0.1) is 59.2 Å². The number of carbonyl (C=O) groups is 6. The van der Waals surface area contributed by atoms with E-state index in [0.29, 0.717) is 98.8 Å².